The second kappa shape index (κ2) is 7.32. The van der Waals surface area contributed by atoms with Crippen LogP contribution in [0.1, 0.15) is 28.4 Å². The molecule has 8 heteroatoms. The van der Waals surface area contributed by atoms with Crippen LogP contribution in [0, 0.1) is 0 Å². The van der Waals surface area contributed by atoms with Crippen LogP contribution in [-0.2, 0) is 17.7 Å². The Bertz CT molecular complexity index is 1020. The Kier molecular flexibility index (Phi) is 4.72. The van der Waals surface area contributed by atoms with Gasteiger partial charge >= 0.3 is 6.09 Å². The lowest BCUT2D eigenvalue weighted by Gasteiger charge is -2.28. The molecule has 0 radical (unpaired) electrons. The third-order valence-electron chi connectivity index (χ3n) is 4.50. The molecule has 2 amide bonds. The molecular formula is C19H18N4O3S. The molecule has 0 bridgehead atoms. The van der Waals surface area contributed by atoms with E-state index >= 15 is 0 Å². The van der Waals surface area contributed by atoms with Crippen molar-refractivity contribution in [1.82, 2.24) is 14.9 Å². The standard InChI is InChI=1S/C19H18N4O3S/c1-2-26-19(25)23-6-5-14-12(10-23)8-20-9-15(14)18(24)22-13-3-4-16-17(7-13)27-11-21-16/h3-4,7-9,11H,2,5-6,10H2,1H3,(H,22,24). The number of ether oxygens (including phenoxy) is 1. The number of amides is 2. The summed E-state index contributed by atoms with van der Waals surface area (Å²) in [5.74, 6) is -0.201. The normalized spacial score (nSPS) is 13.3. The summed E-state index contributed by atoms with van der Waals surface area (Å²) in [7, 11) is 0. The van der Waals surface area contributed by atoms with Crippen molar-refractivity contribution in [3.8, 4) is 0 Å². The van der Waals surface area contributed by atoms with Crippen LogP contribution >= 0.6 is 11.3 Å². The summed E-state index contributed by atoms with van der Waals surface area (Å²) < 4.78 is 6.08. The fourth-order valence-corrected chi connectivity index (χ4v) is 3.91. The van der Waals surface area contributed by atoms with Crippen molar-refractivity contribution >= 4 is 39.2 Å². The van der Waals surface area contributed by atoms with Crippen molar-refractivity contribution in [3.63, 3.8) is 0 Å². The molecule has 1 aliphatic rings. The molecular weight excluding hydrogens is 364 g/mol. The van der Waals surface area contributed by atoms with Gasteiger partial charge in [0.15, 0.2) is 0 Å². The van der Waals surface area contributed by atoms with Gasteiger partial charge in [0.25, 0.3) is 5.91 Å². The number of nitrogens with one attached hydrogen (secondary N) is 1. The molecule has 0 unspecified atom stereocenters. The third-order valence-corrected chi connectivity index (χ3v) is 5.29. The van der Waals surface area contributed by atoms with Crippen LogP contribution < -0.4 is 5.32 Å². The molecule has 0 atom stereocenters. The number of hydrogen-bond acceptors (Lipinski definition) is 6. The molecule has 1 aromatic carbocycles. The van der Waals surface area contributed by atoms with E-state index in [-0.39, 0.29) is 12.0 Å². The molecule has 4 rings (SSSR count). The van der Waals surface area contributed by atoms with E-state index in [0.717, 1.165) is 27.0 Å². The maximum atomic E-state index is 12.8. The molecule has 3 aromatic rings. The lowest BCUT2D eigenvalue weighted by Crippen LogP contribution is -2.37. The maximum Gasteiger partial charge on any atom is 0.410 e. The first-order chi connectivity index (χ1) is 13.2. The Morgan fingerprint density at radius 2 is 2.22 bits per heavy atom. The molecule has 0 aliphatic carbocycles. The summed E-state index contributed by atoms with van der Waals surface area (Å²) in [5, 5.41) is 2.94. The van der Waals surface area contributed by atoms with E-state index in [0.29, 0.717) is 31.7 Å². The van der Waals surface area contributed by atoms with Crippen LogP contribution in [0.3, 0.4) is 0 Å². The van der Waals surface area contributed by atoms with Gasteiger partial charge in [0, 0.05) is 24.6 Å². The summed E-state index contributed by atoms with van der Waals surface area (Å²) in [6.07, 6.45) is 3.55. The summed E-state index contributed by atoms with van der Waals surface area (Å²) in [4.78, 5) is 34.8. The molecule has 1 aliphatic heterocycles. The van der Waals surface area contributed by atoms with Crippen LogP contribution in [0.25, 0.3) is 10.2 Å². The van der Waals surface area contributed by atoms with Gasteiger partial charge in [-0.2, -0.15) is 0 Å². The Morgan fingerprint density at radius 3 is 3.07 bits per heavy atom. The summed E-state index contributed by atoms with van der Waals surface area (Å²) in [6, 6.07) is 5.64. The number of pyridine rings is 1. The monoisotopic (exact) mass is 382 g/mol. The second-order valence-corrected chi connectivity index (χ2v) is 7.07. The first-order valence-electron chi connectivity index (χ1n) is 8.67. The average molecular weight is 382 g/mol. The van der Waals surface area contributed by atoms with Gasteiger partial charge in [-0.3, -0.25) is 9.78 Å². The summed E-state index contributed by atoms with van der Waals surface area (Å²) >= 11 is 1.53. The number of aromatic nitrogens is 2. The minimum Gasteiger partial charge on any atom is -0.450 e. The highest BCUT2D eigenvalue weighted by atomic mass is 32.1. The van der Waals surface area contributed by atoms with Crippen LogP contribution in [-0.4, -0.2) is 40.0 Å². The van der Waals surface area contributed by atoms with Crippen molar-refractivity contribution in [1.29, 1.82) is 0 Å². The molecule has 2 aromatic heterocycles. The number of anilines is 1. The van der Waals surface area contributed by atoms with E-state index in [1.165, 1.54) is 11.3 Å². The number of carbonyl (C=O) groups is 2. The number of benzene rings is 1. The highest BCUT2D eigenvalue weighted by Gasteiger charge is 2.25. The molecule has 0 saturated carbocycles. The molecule has 0 saturated heterocycles. The smallest absolute Gasteiger partial charge is 0.410 e. The van der Waals surface area contributed by atoms with Crippen LogP contribution in [0.15, 0.2) is 36.1 Å². The molecule has 0 fully saturated rings. The van der Waals surface area contributed by atoms with Crippen LogP contribution in [0.5, 0.6) is 0 Å². The van der Waals surface area contributed by atoms with Gasteiger partial charge in [-0.05, 0) is 42.7 Å². The predicted octanol–water partition coefficient (Wildman–Crippen LogP) is 3.46. The zero-order chi connectivity index (χ0) is 18.8. The van der Waals surface area contributed by atoms with E-state index < -0.39 is 0 Å². The number of fused-ring (bicyclic) bond motifs is 2. The average Bonchev–Trinajstić information content (AvgIpc) is 3.15. The van der Waals surface area contributed by atoms with E-state index in [4.69, 9.17) is 4.74 Å². The molecule has 138 valence electrons. The van der Waals surface area contributed by atoms with E-state index in [2.05, 4.69) is 15.3 Å². The number of carbonyl (C=O) groups excluding carboxylic acids is 2. The van der Waals surface area contributed by atoms with E-state index in [1.807, 2.05) is 18.2 Å². The predicted molar refractivity (Wildman–Crippen MR) is 103 cm³/mol. The van der Waals surface area contributed by atoms with Gasteiger partial charge in [-0.25, -0.2) is 9.78 Å². The van der Waals surface area contributed by atoms with Gasteiger partial charge in [0.1, 0.15) is 0 Å². The first-order valence-corrected chi connectivity index (χ1v) is 9.55. The SMILES string of the molecule is CCOC(=O)N1CCc2c(cncc2C(=O)Nc2ccc3ncsc3c2)C1. The minimum absolute atomic E-state index is 0.201. The van der Waals surface area contributed by atoms with E-state index in [1.54, 1.807) is 29.7 Å². The zero-order valence-corrected chi connectivity index (χ0v) is 15.6. The Labute approximate surface area is 160 Å². The van der Waals surface area contributed by atoms with Crippen molar-refractivity contribution in [3.05, 3.63) is 52.8 Å². The van der Waals surface area contributed by atoms with Gasteiger partial charge < -0.3 is 15.0 Å². The third kappa shape index (κ3) is 3.48. The number of hydrogen-bond donors (Lipinski definition) is 1. The number of thiazole rings is 1. The Balaban J connectivity index is 1.55. The molecule has 1 N–H and O–H groups in total. The number of nitrogens with zero attached hydrogens (tertiary/aromatic N) is 3. The fourth-order valence-electron chi connectivity index (χ4n) is 3.19. The van der Waals surface area contributed by atoms with E-state index in [9.17, 15) is 9.59 Å². The maximum absolute atomic E-state index is 12.8. The number of rotatable bonds is 3. The van der Waals surface area contributed by atoms with Crippen LogP contribution in [0.4, 0.5) is 10.5 Å². The highest BCUT2D eigenvalue weighted by Crippen LogP contribution is 2.25. The van der Waals surface area contributed by atoms with Gasteiger partial charge in [-0.15, -0.1) is 11.3 Å². The molecule has 3 heterocycles. The second-order valence-electron chi connectivity index (χ2n) is 6.18. The van der Waals surface area contributed by atoms with Gasteiger partial charge in [-0.1, -0.05) is 0 Å². The topological polar surface area (TPSA) is 84.4 Å². The lowest BCUT2D eigenvalue weighted by molar-refractivity contribution is 0.101. The Morgan fingerprint density at radius 1 is 1.33 bits per heavy atom. The summed E-state index contributed by atoms with van der Waals surface area (Å²) in [6.45, 7) is 3.04. The van der Waals surface area contributed by atoms with Gasteiger partial charge in [0.05, 0.1) is 34.4 Å². The summed E-state index contributed by atoms with van der Waals surface area (Å²) in [5.41, 5.74) is 5.76. The van der Waals surface area contributed by atoms with Crippen LogP contribution in [0.2, 0.25) is 0 Å². The van der Waals surface area contributed by atoms with Crippen molar-refractivity contribution in [2.75, 3.05) is 18.5 Å². The molecule has 7 nitrogen and oxygen atoms in total. The zero-order valence-electron chi connectivity index (χ0n) is 14.8. The quantitative estimate of drug-likeness (QED) is 0.750. The molecule has 0 spiro atoms. The molecule has 27 heavy (non-hydrogen) atoms. The largest absolute Gasteiger partial charge is 0.450 e. The Hall–Kier alpha value is -3.00. The first kappa shape index (κ1) is 17.4. The van der Waals surface area contributed by atoms with Gasteiger partial charge in [0.2, 0.25) is 0 Å². The fraction of sp³-hybridized carbons (Fsp3) is 0.263. The highest BCUT2D eigenvalue weighted by molar-refractivity contribution is 7.16. The minimum atomic E-state index is -0.337. The van der Waals surface area contributed by atoms with Crippen molar-refractivity contribution in [2.24, 2.45) is 0 Å². The lowest BCUT2D eigenvalue weighted by atomic mass is 9.97. The van der Waals surface area contributed by atoms with Crippen molar-refractivity contribution < 1.29 is 14.3 Å². The van der Waals surface area contributed by atoms with Crippen molar-refractivity contribution in [2.45, 2.75) is 19.9 Å².